The lowest BCUT2D eigenvalue weighted by Gasteiger charge is -2.38. The molecule has 0 bridgehead atoms. The van der Waals surface area contributed by atoms with E-state index in [0.29, 0.717) is 19.5 Å². The minimum atomic E-state index is -1.04. The second-order valence-corrected chi connectivity index (χ2v) is 8.57. The number of aliphatic hydroxyl groups excluding tert-OH is 1. The van der Waals surface area contributed by atoms with Gasteiger partial charge in [-0.05, 0) is 37.6 Å². The Kier molecular flexibility index (Phi) is 6.14. The molecule has 3 amide bonds. The van der Waals surface area contributed by atoms with Crippen molar-refractivity contribution in [2.45, 2.75) is 44.2 Å². The highest BCUT2D eigenvalue weighted by molar-refractivity contribution is 5.88. The predicted molar refractivity (Wildman–Crippen MR) is 102 cm³/mol. The maximum absolute atomic E-state index is 12.8. The number of amides is 3. The Balaban J connectivity index is 1.64. The third-order valence-corrected chi connectivity index (χ3v) is 6.57. The number of rotatable bonds is 5. The van der Waals surface area contributed by atoms with E-state index in [4.69, 9.17) is 0 Å². The summed E-state index contributed by atoms with van der Waals surface area (Å²) >= 11 is 0. The highest BCUT2D eigenvalue weighted by atomic mass is 16.4. The fraction of sp³-hybridized carbons (Fsp3) is 0.842. The Morgan fingerprint density at radius 3 is 2.46 bits per heavy atom. The molecule has 0 aromatic carbocycles. The summed E-state index contributed by atoms with van der Waals surface area (Å²) in [7, 11) is 3.34. The second-order valence-electron chi connectivity index (χ2n) is 8.57. The van der Waals surface area contributed by atoms with Crippen molar-refractivity contribution < 1.29 is 24.6 Å². The van der Waals surface area contributed by atoms with E-state index in [0.717, 1.165) is 25.8 Å². The Bertz CT molecular complexity index is 621. The molecule has 1 spiro atoms. The second kappa shape index (κ2) is 8.24. The molecule has 0 aromatic rings. The van der Waals surface area contributed by atoms with Crippen LogP contribution < -0.4 is 0 Å². The Morgan fingerprint density at radius 2 is 1.89 bits per heavy atom. The number of hydrogen-bond donors (Lipinski definition) is 2. The lowest BCUT2D eigenvalue weighted by molar-refractivity contribution is -0.144. The van der Waals surface area contributed by atoms with Crippen molar-refractivity contribution in [3.63, 3.8) is 0 Å². The van der Waals surface area contributed by atoms with Crippen molar-refractivity contribution in [2.75, 3.05) is 53.4 Å². The molecule has 2 N–H and O–H groups in total. The molecule has 2 aliphatic heterocycles. The maximum atomic E-state index is 12.8. The molecule has 9 nitrogen and oxygen atoms in total. The molecule has 158 valence electrons. The van der Waals surface area contributed by atoms with Crippen LogP contribution in [0.15, 0.2) is 0 Å². The van der Waals surface area contributed by atoms with Gasteiger partial charge in [0.25, 0.3) is 0 Å². The molecular weight excluding hydrogens is 364 g/mol. The van der Waals surface area contributed by atoms with Crippen LogP contribution in [0.1, 0.15) is 32.1 Å². The monoisotopic (exact) mass is 396 g/mol. The Hall–Kier alpha value is -1.87. The van der Waals surface area contributed by atoms with Crippen molar-refractivity contribution in [2.24, 2.45) is 5.41 Å². The van der Waals surface area contributed by atoms with Crippen molar-refractivity contribution in [1.29, 1.82) is 0 Å². The third kappa shape index (κ3) is 4.41. The quantitative estimate of drug-likeness (QED) is 0.672. The summed E-state index contributed by atoms with van der Waals surface area (Å²) in [5.41, 5.74) is 0.135. The molecule has 2 saturated heterocycles. The molecule has 2 heterocycles. The van der Waals surface area contributed by atoms with Gasteiger partial charge in [-0.25, -0.2) is 4.79 Å². The first-order valence-electron chi connectivity index (χ1n) is 10.1. The zero-order valence-corrected chi connectivity index (χ0v) is 16.8. The van der Waals surface area contributed by atoms with Gasteiger partial charge >= 0.3 is 6.09 Å². The number of piperidine rings is 1. The number of likely N-dealkylation sites (N-methyl/N-ethyl adjacent to an activating group) is 1. The van der Waals surface area contributed by atoms with Gasteiger partial charge in [-0.1, -0.05) is 0 Å². The molecular formula is C19H32N4O5. The number of β-amino-alcohol motifs (C(OH)–C–C–N with tert-alkyl or cyclic N) is 1. The largest absolute Gasteiger partial charge is 0.465 e. The zero-order chi connectivity index (χ0) is 20.5. The molecule has 0 radical (unpaired) electrons. The first-order valence-corrected chi connectivity index (χ1v) is 10.1. The van der Waals surface area contributed by atoms with Crippen LogP contribution in [0, 0.1) is 5.41 Å². The van der Waals surface area contributed by atoms with Crippen LogP contribution in [0.3, 0.4) is 0 Å². The van der Waals surface area contributed by atoms with E-state index in [1.165, 1.54) is 9.80 Å². The fourth-order valence-corrected chi connectivity index (χ4v) is 4.40. The van der Waals surface area contributed by atoms with Crippen LogP contribution in [-0.4, -0.2) is 113 Å². The van der Waals surface area contributed by atoms with Gasteiger partial charge in [0.15, 0.2) is 0 Å². The smallest absolute Gasteiger partial charge is 0.407 e. The molecule has 0 aromatic heterocycles. The minimum Gasteiger partial charge on any atom is -0.465 e. The topological polar surface area (TPSA) is 105 Å². The molecule has 0 unspecified atom stereocenters. The summed E-state index contributed by atoms with van der Waals surface area (Å²) in [6, 6.07) is -0.606. The van der Waals surface area contributed by atoms with E-state index < -0.39 is 12.1 Å². The molecule has 3 fully saturated rings. The van der Waals surface area contributed by atoms with E-state index >= 15 is 0 Å². The van der Waals surface area contributed by atoms with Crippen molar-refractivity contribution >= 4 is 17.9 Å². The molecule has 1 aliphatic carbocycles. The van der Waals surface area contributed by atoms with Crippen LogP contribution in [0.5, 0.6) is 0 Å². The van der Waals surface area contributed by atoms with E-state index in [1.54, 1.807) is 19.0 Å². The Morgan fingerprint density at radius 1 is 1.18 bits per heavy atom. The van der Waals surface area contributed by atoms with Crippen LogP contribution in [0.4, 0.5) is 4.79 Å². The van der Waals surface area contributed by atoms with Gasteiger partial charge in [0.05, 0.1) is 6.10 Å². The average molecular weight is 396 g/mol. The summed E-state index contributed by atoms with van der Waals surface area (Å²) in [6.45, 7) is 2.74. The highest BCUT2D eigenvalue weighted by Crippen LogP contribution is 2.53. The minimum absolute atomic E-state index is 0.0917. The van der Waals surface area contributed by atoms with Crippen LogP contribution in [-0.2, 0) is 9.59 Å². The highest BCUT2D eigenvalue weighted by Gasteiger charge is 2.51. The van der Waals surface area contributed by atoms with E-state index in [1.807, 2.05) is 0 Å². The summed E-state index contributed by atoms with van der Waals surface area (Å²) in [5.74, 6) is -0.326. The first kappa shape index (κ1) is 20.9. The zero-order valence-electron chi connectivity index (χ0n) is 16.8. The van der Waals surface area contributed by atoms with Crippen molar-refractivity contribution in [1.82, 2.24) is 19.6 Å². The molecule has 2 atom stereocenters. The maximum Gasteiger partial charge on any atom is 0.407 e. The third-order valence-electron chi connectivity index (χ3n) is 6.57. The lowest BCUT2D eigenvalue weighted by Crippen LogP contribution is -2.52. The van der Waals surface area contributed by atoms with Gasteiger partial charge in [0, 0.05) is 53.2 Å². The molecule has 3 rings (SSSR count). The van der Waals surface area contributed by atoms with E-state index in [2.05, 4.69) is 4.90 Å². The summed E-state index contributed by atoms with van der Waals surface area (Å²) < 4.78 is 0. The standard InChI is InChI=1S/C19H32N4O5/c1-20(2)17(26)14(23-12-11-22(18(27)28)9-4-16(23)25)3-8-21-10-7-19(5-6-19)15(24)13-21/h14-15,24H,3-13H2,1-2H3,(H,27,28)/t14-,15-/m1/s1. The van der Waals surface area contributed by atoms with Crippen molar-refractivity contribution in [3.05, 3.63) is 0 Å². The SMILES string of the molecule is CN(C)C(=O)[C@@H](CCN1CCC2(CC2)[C@H](O)C1)N1CCN(C(=O)O)CCC1=O. The number of carbonyl (C=O) groups is 3. The van der Waals surface area contributed by atoms with Gasteiger partial charge in [0.2, 0.25) is 11.8 Å². The predicted octanol–water partition coefficient (Wildman–Crippen LogP) is -0.108. The van der Waals surface area contributed by atoms with E-state index in [-0.39, 0.29) is 49.4 Å². The number of nitrogens with zero attached hydrogens (tertiary/aromatic N) is 4. The molecule has 3 aliphatic rings. The Labute approximate surface area is 165 Å². The lowest BCUT2D eigenvalue weighted by atomic mass is 9.90. The number of aliphatic hydroxyl groups is 1. The van der Waals surface area contributed by atoms with Gasteiger partial charge in [-0.2, -0.15) is 0 Å². The molecule has 9 heteroatoms. The van der Waals surface area contributed by atoms with Crippen LogP contribution in [0.25, 0.3) is 0 Å². The van der Waals surface area contributed by atoms with Crippen molar-refractivity contribution in [3.8, 4) is 0 Å². The van der Waals surface area contributed by atoms with Crippen LogP contribution >= 0.6 is 0 Å². The number of hydrogen-bond acceptors (Lipinski definition) is 5. The van der Waals surface area contributed by atoms with Gasteiger partial charge in [-0.15, -0.1) is 0 Å². The molecule has 28 heavy (non-hydrogen) atoms. The fourth-order valence-electron chi connectivity index (χ4n) is 4.40. The van der Waals surface area contributed by atoms with Gasteiger partial charge in [0.1, 0.15) is 6.04 Å². The number of likely N-dealkylation sites (tertiary alicyclic amines) is 1. The first-order chi connectivity index (χ1) is 13.2. The number of carboxylic acid groups (broad SMARTS) is 1. The number of carbonyl (C=O) groups excluding carboxylic acids is 2. The summed E-state index contributed by atoms with van der Waals surface area (Å²) in [6.07, 6.45) is 2.41. The van der Waals surface area contributed by atoms with Gasteiger partial charge < -0.3 is 29.8 Å². The average Bonchev–Trinajstić information content (AvgIpc) is 3.44. The summed E-state index contributed by atoms with van der Waals surface area (Å²) in [4.78, 5) is 43.1. The van der Waals surface area contributed by atoms with E-state index in [9.17, 15) is 24.6 Å². The normalized spacial score (nSPS) is 26.1. The summed E-state index contributed by atoms with van der Waals surface area (Å²) in [5, 5.41) is 19.6. The van der Waals surface area contributed by atoms with Gasteiger partial charge in [-0.3, -0.25) is 9.59 Å². The molecule has 1 saturated carbocycles. The van der Waals surface area contributed by atoms with Crippen LogP contribution in [0.2, 0.25) is 0 Å².